The summed E-state index contributed by atoms with van der Waals surface area (Å²) in [5, 5.41) is 13.3. The van der Waals surface area contributed by atoms with E-state index in [2.05, 4.69) is 33.1 Å². The van der Waals surface area contributed by atoms with Crippen molar-refractivity contribution >= 4 is 40.7 Å². The first-order valence-corrected chi connectivity index (χ1v) is 7.52. The fourth-order valence-corrected chi connectivity index (χ4v) is 2.84. The summed E-state index contributed by atoms with van der Waals surface area (Å²) in [6.07, 6.45) is 0. The third-order valence-electron chi connectivity index (χ3n) is 3.53. The van der Waals surface area contributed by atoms with E-state index in [9.17, 15) is 5.11 Å². The van der Waals surface area contributed by atoms with Crippen molar-refractivity contribution in [3.63, 3.8) is 0 Å². The molecule has 0 spiro atoms. The number of nitrogens with zero attached hydrogens (tertiary/aromatic N) is 1. The zero-order chi connectivity index (χ0) is 13.8. The van der Waals surface area contributed by atoms with Gasteiger partial charge in [0.15, 0.2) is 11.5 Å². The van der Waals surface area contributed by atoms with E-state index in [1.807, 2.05) is 19.1 Å². The summed E-state index contributed by atoms with van der Waals surface area (Å²) >= 11 is 3.40. The molecular formula is C14H23BrCl2N2O2. The Morgan fingerprint density at radius 2 is 1.95 bits per heavy atom. The molecule has 0 unspecified atom stereocenters. The Balaban J connectivity index is 0.00000200. The lowest BCUT2D eigenvalue weighted by atomic mass is 10.1. The summed E-state index contributed by atoms with van der Waals surface area (Å²) in [5.41, 5.74) is 1.16. The molecule has 2 rings (SSSR count). The Hall–Kier alpha value is -0.200. The molecule has 1 heterocycles. The minimum absolute atomic E-state index is 0. The van der Waals surface area contributed by atoms with E-state index in [1.54, 1.807) is 0 Å². The van der Waals surface area contributed by atoms with E-state index in [-0.39, 0.29) is 30.6 Å². The van der Waals surface area contributed by atoms with Crippen LogP contribution in [0.3, 0.4) is 0 Å². The average Bonchev–Trinajstić information content (AvgIpc) is 2.44. The molecule has 4 nitrogen and oxygen atoms in total. The van der Waals surface area contributed by atoms with Crippen LogP contribution in [-0.2, 0) is 0 Å². The summed E-state index contributed by atoms with van der Waals surface area (Å²) in [6, 6.07) is 4.24. The second-order valence-electron chi connectivity index (χ2n) is 4.74. The van der Waals surface area contributed by atoms with Crippen LogP contribution in [0.4, 0.5) is 0 Å². The molecule has 1 saturated heterocycles. The molecule has 122 valence electrons. The molecule has 2 N–H and O–H groups in total. The van der Waals surface area contributed by atoms with Crippen LogP contribution in [0, 0.1) is 0 Å². The maximum absolute atomic E-state index is 9.95. The molecule has 0 bridgehead atoms. The smallest absolute Gasteiger partial charge is 0.172 e. The standard InChI is InChI=1S/C14H21BrN2O2.2ClH/c1-3-19-13-9-11(8-12(15)14(13)18)10(2)17-6-4-16-5-7-17;;/h8-10,16,18H,3-7H2,1-2H3;2*1H/t10-;;/m0../s1. The highest BCUT2D eigenvalue weighted by molar-refractivity contribution is 9.10. The zero-order valence-electron chi connectivity index (χ0n) is 12.3. The normalized spacial score (nSPS) is 16.5. The minimum atomic E-state index is 0. The molecule has 0 amide bonds. The third-order valence-corrected chi connectivity index (χ3v) is 4.14. The van der Waals surface area contributed by atoms with Crippen molar-refractivity contribution in [3.8, 4) is 11.5 Å². The number of ether oxygens (including phenoxy) is 1. The van der Waals surface area contributed by atoms with Crippen LogP contribution in [0.25, 0.3) is 0 Å². The van der Waals surface area contributed by atoms with Gasteiger partial charge in [0.1, 0.15) is 0 Å². The van der Waals surface area contributed by atoms with Crippen molar-refractivity contribution in [1.29, 1.82) is 0 Å². The quantitative estimate of drug-likeness (QED) is 0.811. The largest absolute Gasteiger partial charge is 0.503 e. The Bertz CT molecular complexity index is 443. The molecule has 1 aliphatic heterocycles. The second kappa shape index (κ2) is 9.74. The lowest BCUT2D eigenvalue weighted by molar-refractivity contribution is 0.185. The van der Waals surface area contributed by atoms with Crippen molar-refractivity contribution in [2.75, 3.05) is 32.8 Å². The van der Waals surface area contributed by atoms with E-state index in [0.29, 0.717) is 22.9 Å². The molecule has 0 aliphatic carbocycles. The number of hydrogen-bond donors (Lipinski definition) is 2. The number of hydrogen-bond acceptors (Lipinski definition) is 4. The molecule has 1 atom stereocenters. The van der Waals surface area contributed by atoms with Crippen molar-refractivity contribution in [3.05, 3.63) is 22.2 Å². The van der Waals surface area contributed by atoms with Crippen molar-refractivity contribution in [2.24, 2.45) is 0 Å². The fraction of sp³-hybridized carbons (Fsp3) is 0.571. The van der Waals surface area contributed by atoms with Gasteiger partial charge in [-0.25, -0.2) is 0 Å². The Labute approximate surface area is 147 Å². The van der Waals surface area contributed by atoms with Gasteiger partial charge < -0.3 is 15.2 Å². The molecule has 1 aromatic carbocycles. The van der Waals surface area contributed by atoms with Crippen LogP contribution >= 0.6 is 40.7 Å². The predicted molar refractivity (Wildman–Crippen MR) is 94.3 cm³/mol. The first kappa shape index (κ1) is 20.8. The molecule has 21 heavy (non-hydrogen) atoms. The van der Waals surface area contributed by atoms with Gasteiger partial charge in [-0.2, -0.15) is 0 Å². The maximum Gasteiger partial charge on any atom is 0.172 e. The molecule has 0 radical (unpaired) electrons. The minimum Gasteiger partial charge on any atom is -0.503 e. The Morgan fingerprint density at radius 1 is 1.33 bits per heavy atom. The van der Waals surface area contributed by atoms with E-state index in [1.165, 1.54) is 0 Å². The number of phenolic OH excluding ortho intramolecular Hbond substituents is 1. The van der Waals surface area contributed by atoms with Crippen LogP contribution < -0.4 is 10.1 Å². The van der Waals surface area contributed by atoms with Gasteiger partial charge in [-0.05, 0) is 47.5 Å². The van der Waals surface area contributed by atoms with E-state index in [0.717, 1.165) is 31.7 Å². The molecule has 0 saturated carbocycles. The van der Waals surface area contributed by atoms with Gasteiger partial charge >= 0.3 is 0 Å². The topological polar surface area (TPSA) is 44.7 Å². The molecule has 1 aliphatic rings. The van der Waals surface area contributed by atoms with Crippen LogP contribution in [0.5, 0.6) is 11.5 Å². The SMILES string of the molecule is CCOc1cc([C@H](C)N2CCNCC2)cc(Br)c1O.Cl.Cl. The van der Waals surface area contributed by atoms with Gasteiger partial charge in [0, 0.05) is 32.2 Å². The Morgan fingerprint density at radius 3 is 2.52 bits per heavy atom. The fourth-order valence-electron chi connectivity index (χ4n) is 2.38. The number of phenols is 1. The van der Waals surface area contributed by atoms with Crippen molar-refractivity contribution < 1.29 is 9.84 Å². The van der Waals surface area contributed by atoms with Gasteiger partial charge in [-0.1, -0.05) is 0 Å². The number of piperazine rings is 1. The molecule has 1 aromatic rings. The first-order chi connectivity index (χ1) is 9.13. The highest BCUT2D eigenvalue weighted by atomic mass is 79.9. The van der Waals surface area contributed by atoms with Crippen LogP contribution in [0.15, 0.2) is 16.6 Å². The summed E-state index contributed by atoms with van der Waals surface area (Å²) in [4.78, 5) is 2.44. The Kier molecular flexibility index (Phi) is 9.65. The van der Waals surface area contributed by atoms with E-state index in [4.69, 9.17) is 4.74 Å². The third kappa shape index (κ3) is 5.18. The summed E-state index contributed by atoms with van der Waals surface area (Å²) in [7, 11) is 0. The second-order valence-corrected chi connectivity index (χ2v) is 5.60. The van der Waals surface area contributed by atoms with Crippen molar-refractivity contribution in [1.82, 2.24) is 10.2 Å². The van der Waals surface area contributed by atoms with Gasteiger partial charge in [0.2, 0.25) is 0 Å². The van der Waals surface area contributed by atoms with Crippen LogP contribution in [-0.4, -0.2) is 42.8 Å². The lowest BCUT2D eigenvalue weighted by Crippen LogP contribution is -2.44. The molecular weight excluding hydrogens is 379 g/mol. The van der Waals surface area contributed by atoms with Crippen LogP contribution in [0.2, 0.25) is 0 Å². The van der Waals surface area contributed by atoms with Gasteiger partial charge in [-0.15, -0.1) is 24.8 Å². The van der Waals surface area contributed by atoms with Crippen LogP contribution in [0.1, 0.15) is 25.5 Å². The molecule has 0 aromatic heterocycles. The molecule has 7 heteroatoms. The van der Waals surface area contributed by atoms with Gasteiger partial charge in [0.05, 0.1) is 11.1 Å². The van der Waals surface area contributed by atoms with Gasteiger partial charge in [0.25, 0.3) is 0 Å². The number of halogens is 3. The number of nitrogens with one attached hydrogen (secondary N) is 1. The average molecular weight is 402 g/mol. The number of rotatable bonds is 4. The van der Waals surface area contributed by atoms with Gasteiger partial charge in [-0.3, -0.25) is 4.90 Å². The monoisotopic (exact) mass is 400 g/mol. The molecule has 1 fully saturated rings. The summed E-state index contributed by atoms with van der Waals surface area (Å²) in [5.74, 6) is 0.729. The van der Waals surface area contributed by atoms with Crippen molar-refractivity contribution in [2.45, 2.75) is 19.9 Å². The highest BCUT2D eigenvalue weighted by Crippen LogP contribution is 2.38. The highest BCUT2D eigenvalue weighted by Gasteiger charge is 2.20. The zero-order valence-corrected chi connectivity index (χ0v) is 15.5. The van der Waals surface area contributed by atoms with E-state index >= 15 is 0 Å². The van der Waals surface area contributed by atoms with E-state index < -0.39 is 0 Å². The first-order valence-electron chi connectivity index (χ1n) is 6.73. The number of aromatic hydroxyl groups is 1. The maximum atomic E-state index is 9.95. The summed E-state index contributed by atoms with van der Waals surface area (Å²) < 4.78 is 6.17. The number of benzene rings is 1. The summed E-state index contributed by atoms with van der Waals surface area (Å²) in [6.45, 7) is 8.81. The lowest BCUT2D eigenvalue weighted by Gasteiger charge is -2.33. The predicted octanol–water partition coefficient (Wildman–Crippen LogP) is 3.36.